The number of hydrogen-bond acceptors (Lipinski definition) is 2. The maximum atomic E-state index is 2.43. The van der Waals surface area contributed by atoms with E-state index in [1.807, 2.05) is 22.7 Å². The van der Waals surface area contributed by atoms with E-state index in [1.54, 1.807) is 0 Å². The molecular formula is C52H36S2. The van der Waals surface area contributed by atoms with Crippen LogP contribution in [-0.4, -0.2) is 0 Å². The van der Waals surface area contributed by atoms with Crippen molar-refractivity contribution in [2.24, 2.45) is 0 Å². The Bertz CT molecular complexity index is 2990. The van der Waals surface area contributed by atoms with Gasteiger partial charge in [-0.05, 0) is 118 Å². The van der Waals surface area contributed by atoms with Crippen LogP contribution in [0.5, 0.6) is 0 Å². The fourth-order valence-electron chi connectivity index (χ4n) is 9.37. The van der Waals surface area contributed by atoms with Crippen LogP contribution in [0.25, 0.3) is 107 Å². The van der Waals surface area contributed by atoms with Gasteiger partial charge in [-0.2, -0.15) is 0 Å². The van der Waals surface area contributed by atoms with E-state index < -0.39 is 0 Å². The Kier molecular flexibility index (Phi) is 6.96. The van der Waals surface area contributed by atoms with Gasteiger partial charge in [-0.25, -0.2) is 0 Å². The highest BCUT2D eigenvalue weighted by molar-refractivity contribution is 7.27. The van der Waals surface area contributed by atoms with Crippen molar-refractivity contribution in [1.29, 1.82) is 0 Å². The number of thiophene rings is 2. The number of fused-ring (bicyclic) bond motifs is 16. The van der Waals surface area contributed by atoms with Crippen LogP contribution in [0, 0.1) is 27.7 Å². The van der Waals surface area contributed by atoms with Gasteiger partial charge in [0.1, 0.15) is 0 Å². The molecule has 11 rings (SSSR count). The van der Waals surface area contributed by atoms with Crippen LogP contribution < -0.4 is 0 Å². The maximum absolute atomic E-state index is 2.43. The maximum Gasteiger partial charge on any atom is 0.0440 e. The van der Waals surface area contributed by atoms with Gasteiger partial charge in [0.05, 0.1) is 0 Å². The van der Waals surface area contributed by atoms with Gasteiger partial charge in [-0.3, -0.25) is 0 Å². The molecule has 256 valence electrons. The van der Waals surface area contributed by atoms with Crippen molar-refractivity contribution < 1.29 is 0 Å². The van der Waals surface area contributed by atoms with Crippen LogP contribution in [0.1, 0.15) is 22.3 Å². The molecule has 8 aromatic carbocycles. The second-order valence-electron chi connectivity index (χ2n) is 14.9. The Morgan fingerprint density at radius 2 is 0.630 bits per heavy atom. The van der Waals surface area contributed by atoms with Crippen molar-refractivity contribution in [3.8, 4) is 66.8 Å². The van der Waals surface area contributed by atoms with Crippen molar-refractivity contribution in [1.82, 2.24) is 0 Å². The monoisotopic (exact) mass is 724 g/mol. The van der Waals surface area contributed by atoms with E-state index in [0.29, 0.717) is 0 Å². The van der Waals surface area contributed by atoms with Gasteiger partial charge >= 0.3 is 0 Å². The van der Waals surface area contributed by atoms with E-state index in [9.17, 15) is 0 Å². The highest BCUT2D eigenvalue weighted by Gasteiger charge is 2.30. The van der Waals surface area contributed by atoms with Crippen molar-refractivity contribution >= 4 is 63.0 Å². The third-order valence-electron chi connectivity index (χ3n) is 12.0. The Hall–Kier alpha value is -5.80. The number of benzene rings is 8. The van der Waals surface area contributed by atoms with E-state index in [4.69, 9.17) is 0 Å². The summed E-state index contributed by atoms with van der Waals surface area (Å²) in [5.74, 6) is 0. The summed E-state index contributed by atoms with van der Waals surface area (Å²) in [5, 5.41) is 5.32. The van der Waals surface area contributed by atoms with E-state index in [1.165, 1.54) is 129 Å². The SMILES string of the molecule is Cc1ccccc1-c1ccc2c(c1C)-c1c(ccc3c1sc1ccccc13)-c1ccc3c(sc4ccccc43)c1-c1c-2ccc(-c2ccccc2C)c1C. The molecule has 0 amide bonds. The summed E-state index contributed by atoms with van der Waals surface area (Å²) in [6, 6.07) is 54.9. The fourth-order valence-corrected chi connectivity index (χ4v) is 11.9. The average Bonchev–Trinajstić information content (AvgIpc) is 3.76. The first-order valence-electron chi connectivity index (χ1n) is 18.8. The molecule has 0 spiro atoms. The minimum Gasteiger partial charge on any atom is -0.135 e. The Labute approximate surface area is 323 Å². The van der Waals surface area contributed by atoms with Gasteiger partial charge in [0.2, 0.25) is 0 Å². The van der Waals surface area contributed by atoms with E-state index in [0.717, 1.165) is 0 Å². The summed E-state index contributed by atoms with van der Waals surface area (Å²) < 4.78 is 5.38. The molecular weight excluding hydrogens is 689 g/mol. The first-order valence-corrected chi connectivity index (χ1v) is 20.4. The molecule has 0 aliphatic heterocycles. The summed E-state index contributed by atoms with van der Waals surface area (Å²) in [4.78, 5) is 0. The highest BCUT2D eigenvalue weighted by Crippen LogP contribution is 2.57. The molecule has 0 nitrogen and oxygen atoms in total. The number of rotatable bonds is 2. The van der Waals surface area contributed by atoms with Crippen LogP contribution in [0.2, 0.25) is 0 Å². The van der Waals surface area contributed by atoms with Gasteiger partial charge in [-0.15, -0.1) is 22.7 Å². The lowest BCUT2D eigenvalue weighted by molar-refractivity contribution is 1.39. The van der Waals surface area contributed by atoms with E-state index in [-0.39, 0.29) is 0 Å². The second-order valence-corrected chi connectivity index (χ2v) is 17.0. The van der Waals surface area contributed by atoms with Gasteiger partial charge < -0.3 is 0 Å². The molecule has 2 aromatic heterocycles. The van der Waals surface area contributed by atoms with Crippen LogP contribution in [-0.2, 0) is 0 Å². The first kappa shape index (κ1) is 31.7. The molecule has 2 heteroatoms. The molecule has 0 radical (unpaired) electrons. The van der Waals surface area contributed by atoms with Gasteiger partial charge in [-0.1, -0.05) is 133 Å². The van der Waals surface area contributed by atoms with Gasteiger partial charge in [0.15, 0.2) is 0 Å². The third kappa shape index (κ3) is 4.42. The van der Waals surface area contributed by atoms with Crippen molar-refractivity contribution in [2.75, 3.05) is 0 Å². The van der Waals surface area contributed by atoms with E-state index >= 15 is 0 Å². The fraction of sp³-hybridized carbons (Fsp3) is 0.0769. The van der Waals surface area contributed by atoms with Crippen LogP contribution in [0.3, 0.4) is 0 Å². The van der Waals surface area contributed by atoms with Crippen LogP contribution in [0.4, 0.5) is 0 Å². The molecule has 1 aliphatic carbocycles. The minimum absolute atomic E-state index is 1.29. The quantitative estimate of drug-likeness (QED) is 0.167. The molecule has 0 N–H and O–H groups in total. The molecule has 0 saturated carbocycles. The molecule has 0 bridgehead atoms. The lowest BCUT2D eigenvalue weighted by Crippen LogP contribution is -2.03. The molecule has 1 aliphatic rings. The zero-order valence-corrected chi connectivity index (χ0v) is 32.3. The highest BCUT2D eigenvalue weighted by atomic mass is 32.1. The molecule has 0 fully saturated rings. The smallest absolute Gasteiger partial charge is 0.0440 e. The summed E-state index contributed by atoms with van der Waals surface area (Å²) in [6.45, 7) is 9.20. The molecule has 10 aromatic rings. The number of hydrogen-bond donors (Lipinski definition) is 0. The number of aryl methyl sites for hydroxylation is 2. The zero-order valence-electron chi connectivity index (χ0n) is 30.7. The molecule has 2 heterocycles. The Morgan fingerprint density at radius 3 is 1.07 bits per heavy atom. The molecule has 0 unspecified atom stereocenters. The first-order chi connectivity index (χ1) is 26.5. The Morgan fingerprint density at radius 1 is 0.278 bits per heavy atom. The van der Waals surface area contributed by atoms with Gasteiger partial charge in [0.25, 0.3) is 0 Å². The second kappa shape index (κ2) is 11.9. The minimum atomic E-state index is 1.29. The largest absolute Gasteiger partial charge is 0.135 e. The summed E-state index contributed by atoms with van der Waals surface area (Å²) in [5.41, 5.74) is 21.0. The van der Waals surface area contributed by atoms with Crippen LogP contribution >= 0.6 is 22.7 Å². The molecule has 54 heavy (non-hydrogen) atoms. The predicted molar refractivity (Wildman–Crippen MR) is 237 cm³/mol. The van der Waals surface area contributed by atoms with Gasteiger partial charge in [0, 0.05) is 51.5 Å². The zero-order chi connectivity index (χ0) is 36.2. The van der Waals surface area contributed by atoms with Crippen LogP contribution in [0.15, 0.2) is 146 Å². The molecule has 0 saturated heterocycles. The van der Waals surface area contributed by atoms with Crippen molar-refractivity contribution in [3.63, 3.8) is 0 Å². The predicted octanol–water partition coefficient (Wildman–Crippen LogP) is 16.0. The summed E-state index contributed by atoms with van der Waals surface area (Å²) in [7, 11) is 0. The van der Waals surface area contributed by atoms with Crippen molar-refractivity contribution in [2.45, 2.75) is 27.7 Å². The topological polar surface area (TPSA) is 0 Å². The lowest BCUT2D eigenvalue weighted by Gasteiger charge is -2.28. The average molecular weight is 725 g/mol. The standard InChI is InChI=1S/C52H36S2/c1-29-13-5-7-15-33(29)35-21-23-39-40-24-22-36(34-16-8-6-14-30(34)2)32(4)48(40)50-42(26-28-44-38-18-10-12-20-46(38)54-52(44)50)41-25-27-43-37-17-9-11-19-45(37)53-51(43)49(41)47(39)31(35)3/h5-28H,1-4H3. The lowest BCUT2D eigenvalue weighted by atomic mass is 9.75. The summed E-state index contributed by atoms with van der Waals surface area (Å²) >= 11 is 3.88. The normalized spacial score (nSPS) is 12.1. The molecule has 0 atom stereocenters. The summed E-state index contributed by atoms with van der Waals surface area (Å²) in [6.07, 6.45) is 0. The van der Waals surface area contributed by atoms with E-state index in [2.05, 4.69) is 173 Å². The Balaban J connectivity index is 1.37. The third-order valence-corrected chi connectivity index (χ3v) is 14.4. The van der Waals surface area contributed by atoms with Crippen molar-refractivity contribution in [3.05, 3.63) is 168 Å².